The summed E-state index contributed by atoms with van der Waals surface area (Å²) < 4.78 is 5.59. The van der Waals surface area contributed by atoms with Crippen molar-refractivity contribution in [2.24, 2.45) is 0 Å². The zero-order valence-corrected chi connectivity index (χ0v) is 11.7. The third-order valence-electron chi connectivity index (χ3n) is 2.76. The summed E-state index contributed by atoms with van der Waals surface area (Å²) in [5, 5.41) is 0.577. The van der Waals surface area contributed by atoms with Crippen LogP contribution in [-0.4, -0.2) is 41.1 Å². The Labute approximate surface area is 116 Å². The maximum Gasteiger partial charge on any atom is 0.255 e. The molecule has 0 radical (unpaired) electrons. The molecule has 1 fully saturated rings. The van der Waals surface area contributed by atoms with Gasteiger partial charge in [0.1, 0.15) is 5.15 Å². The van der Waals surface area contributed by atoms with Crippen LogP contribution < -0.4 is 0 Å². The van der Waals surface area contributed by atoms with Crippen LogP contribution in [0.3, 0.4) is 0 Å². The highest BCUT2D eigenvalue weighted by molar-refractivity contribution is 6.35. The van der Waals surface area contributed by atoms with Gasteiger partial charge in [-0.05, 0) is 19.9 Å². The van der Waals surface area contributed by atoms with E-state index in [1.165, 1.54) is 12.3 Å². The number of amides is 1. The lowest BCUT2D eigenvalue weighted by atomic mass is 10.2. The lowest BCUT2D eigenvalue weighted by Gasteiger charge is -2.35. The molecule has 1 aromatic heterocycles. The van der Waals surface area contributed by atoms with Crippen molar-refractivity contribution in [1.82, 2.24) is 9.88 Å². The van der Waals surface area contributed by atoms with Crippen LogP contribution in [0.2, 0.25) is 10.2 Å². The molecule has 2 rings (SSSR count). The molecular weight excluding hydrogens is 275 g/mol. The monoisotopic (exact) mass is 288 g/mol. The Kier molecular flexibility index (Phi) is 4.10. The van der Waals surface area contributed by atoms with E-state index in [9.17, 15) is 4.79 Å². The molecule has 1 saturated heterocycles. The Hall–Kier alpha value is -0.840. The summed E-state index contributed by atoms with van der Waals surface area (Å²) in [6.45, 7) is 4.99. The van der Waals surface area contributed by atoms with Gasteiger partial charge in [0.2, 0.25) is 0 Å². The van der Waals surface area contributed by atoms with E-state index >= 15 is 0 Å². The number of hydrogen-bond donors (Lipinski definition) is 0. The van der Waals surface area contributed by atoms with E-state index in [2.05, 4.69) is 4.98 Å². The minimum atomic E-state index is -0.133. The summed E-state index contributed by atoms with van der Waals surface area (Å²) in [5.74, 6) is -0.133. The summed E-state index contributed by atoms with van der Waals surface area (Å²) >= 11 is 11.8. The average Bonchev–Trinajstić information content (AvgIpc) is 2.30. The summed E-state index contributed by atoms with van der Waals surface area (Å²) in [6, 6.07) is 1.50. The molecule has 2 atom stereocenters. The molecular formula is C12H14Cl2N2O2. The van der Waals surface area contributed by atoms with Gasteiger partial charge in [0, 0.05) is 19.3 Å². The number of carbonyl (C=O) groups is 1. The van der Waals surface area contributed by atoms with Crippen LogP contribution in [-0.2, 0) is 4.74 Å². The topological polar surface area (TPSA) is 42.4 Å². The summed E-state index contributed by atoms with van der Waals surface area (Å²) in [7, 11) is 0. The first-order valence-electron chi connectivity index (χ1n) is 5.73. The number of morpholine rings is 1. The molecule has 4 nitrogen and oxygen atoms in total. The fourth-order valence-corrected chi connectivity index (χ4v) is 2.43. The minimum absolute atomic E-state index is 0.0220. The van der Waals surface area contributed by atoms with Gasteiger partial charge in [-0.2, -0.15) is 0 Å². The molecule has 2 heterocycles. The van der Waals surface area contributed by atoms with Gasteiger partial charge in [0.25, 0.3) is 5.91 Å². The molecule has 0 aromatic carbocycles. The highest BCUT2D eigenvalue weighted by atomic mass is 35.5. The molecule has 1 amide bonds. The van der Waals surface area contributed by atoms with E-state index in [1.54, 1.807) is 4.90 Å². The van der Waals surface area contributed by atoms with Gasteiger partial charge in [0.05, 0.1) is 22.8 Å². The molecule has 1 aliphatic rings. The summed E-state index contributed by atoms with van der Waals surface area (Å²) in [5.41, 5.74) is 0.387. The molecule has 0 bridgehead atoms. The SMILES string of the molecule is C[C@@H]1CN(C(=O)c2cc(Cl)ncc2Cl)C[C@H](C)O1. The largest absolute Gasteiger partial charge is 0.372 e. The van der Waals surface area contributed by atoms with Gasteiger partial charge in [-0.25, -0.2) is 4.98 Å². The van der Waals surface area contributed by atoms with Crippen LogP contribution in [0.5, 0.6) is 0 Å². The van der Waals surface area contributed by atoms with E-state index in [4.69, 9.17) is 27.9 Å². The molecule has 0 N–H and O–H groups in total. The highest BCUT2D eigenvalue weighted by Crippen LogP contribution is 2.22. The zero-order valence-electron chi connectivity index (χ0n) is 10.2. The maximum absolute atomic E-state index is 12.4. The van der Waals surface area contributed by atoms with Gasteiger partial charge >= 0.3 is 0 Å². The number of hydrogen-bond acceptors (Lipinski definition) is 3. The Morgan fingerprint density at radius 1 is 1.39 bits per heavy atom. The van der Waals surface area contributed by atoms with E-state index < -0.39 is 0 Å². The number of aromatic nitrogens is 1. The molecule has 6 heteroatoms. The van der Waals surface area contributed by atoms with Crippen LogP contribution >= 0.6 is 23.2 Å². The Balaban J connectivity index is 2.22. The molecule has 1 aliphatic heterocycles. The van der Waals surface area contributed by atoms with E-state index in [1.807, 2.05) is 13.8 Å². The second-order valence-electron chi connectivity index (χ2n) is 4.45. The van der Waals surface area contributed by atoms with Crippen molar-refractivity contribution in [2.45, 2.75) is 26.1 Å². The normalized spacial score (nSPS) is 24.1. The second kappa shape index (κ2) is 5.43. The van der Waals surface area contributed by atoms with Crippen LogP contribution in [0.4, 0.5) is 0 Å². The van der Waals surface area contributed by atoms with Gasteiger partial charge in [-0.15, -0.1) is 0 Å². The van der Waals surface area contributed by atoms with Gasteiger partial charge in [0.15, 0.2) is 0 Å². The Bertz CT molecular complexity index is 457. The first-order chi connectivity index (χ1) is 8.47. The molecule has 98 valence electrons. The first kappa shape index (κ1) is 13.6. The van der Waals surface area contributed by atoms with Crippen molar-refractivity contribution in [2.75, 3.05) is 13.1 Å². The third-order valence-corrected chi connectivity index (χ3v) is 3.27. The summed E-state index contributed by atoms with van der Waals surface area (Å²) in [4.78, 5) is 17.9. The molecule has 1 aromatic rings. The molecule has 18 heavy (non-hydrogen) atoms. The van der Waals surface area contributed by atoms with E-state index in [0.29, 0.717) is 23.7 Å². The first-order valence-corrected chi connectivity index (χ1v) is 6.48. The lowest BCUT2D eigenvalue weighted by Crippen LogP contribution is -2.48. The molecule has 0 aliphatic carbocycles. The van der Waals surface area contributed by atoms with Crippen molar-refractivity contribution in [3.63, 3.8) is 0 Å². The van der Waals surface area contributed by atoms with Crippen molar-refractivity contribution in [3.05, 3.63) is 28.0 Å². The van der Waals surface area contributed by atoms with E-state index in [-0.39, 0.29) is 23.3 Å². The lowest BCUT2D eigenvalue weighted by molar-refractivity contribution is -0.0586. The van der Waals surface area contributed by atoms with Crippen LogP contribution in [0.15, 0.2) is 12.3 Å². The number of carbonyl (C=O) groups excluding carboxylic acids is 1. The number of halogens is 2. The predicted molar refractivity (Wildman–Crippen MR) is 70.2 cm³/mol. The van der Waals surface area contributed by atoms with Crippen molar-refractivity contribution < 1.29 is 9.53 Å². The Morgan fingerprint density at radius 3 is 2.61 bits per heavy atom. The van der Waals surface area contributed by atoms with Crippen LogP contribution in [0.1, 0.15) is 24.2 Å². The van der Waals surface area contributed by atoms with Gasteiger partial charge < -0.3 is 9.64 Å². The number of pyridine rings is 1. The number of nitrogens with zero attached hydrogens (tertiary/aromatic N) is 2. The molecule has 0 spiro atoms. The van der Waals surface area contributed by atoms with Gasteiger partial charge in [-0.1, -0.05) is 23.2 Å². The average molecular weight is 289 g/mol. The maximum atomic E-state index is 12.4. The standard InChI is InChI=1S/C12H14Cl2N2O2/c1-7-5-16(6-8(2)18-7)12(17)9-3-11(14)15-4-10(9)13/h3-4,7-8H,5-6H2,1-2H3/t7-,8+. The molecule has 0 saturated carbocycles. The Morgan fingerprint density at radius 2 is 2.00 bits per heavy atom. The third kappa shape index (κ3) is 2.94. The minimum Gasteiger partial charge on any atom is -0.372 e. The predicted octanol–water partition coefficient (Wildman–Crippen LogP) is 2.64. The number of rotatable bonds is 1. The fraction of sp³-hybridized carbons (Fsp3) is 0.500. The van der Waals surface area contributed by atoms with Gasteiger partial charge in [-0.3, -0.25) is 4.79 Å². The quantitative estimate of drug-likeness (QED) is 0.746. The zero-order chi connectivity index (χ0) is 13.3. The number of ether oxygens (including phenoxy) is 1. The fourth-order valence-electron chi connectivity index (χ4n) is 2.09. The van der Waals surface area contributed by atoms with Crippen LogP contribution in [0, 0.1) is 0 Å². The van der Waals surface area contributed by atoms with E-state index in [0.717, 1.165) is 0 Å². The van der Waals surface area contributed by atoms with Crippen molar-refractivity contribution in [3.8, 4) is 0 Å². The van der Waals surface area contributed by atoms with Crippen molar-refractivity contribution >= 4 is 29.1 Å². The van der Waals surface area contributed by atoms with Crippen LogP contribution in [0.25, 0.3) is 0 Å². The molecule has 0 unspecified atom stereocenters. The smallest absolute Gasteiger partial charge is 0.255 e. The highest BCUT2D eigenvalue weighted by Gasteiger charge is 2.27. The second-order valence-corrected chi connectivity index (χ2v) is 5.25. The van der Waals surface area contributed by atoms with Crippen molar-refractivity contribution in [1.29, 1.82) is 0 Å². The summed E-state index contributed by atoms with van der Waals surface area (Å²) in [6.07, 6.45) is 1.44.